The van der Waals surface area contributed by atoms with Crippen LogP contribution in [0.2, 0.25) is 0 Å². The monoisotopic (exact) mass is 380 g/mol. The first-order valence-electron chi connectivity index (χ1n) is 6.73. The highest BCUT2D eigenvalue weighted by Crippen LogP contribution is 2.40. The zero-order valence-electron chi connectivity index (χ0n) is 12.1. The molecule has 1 aromatic carbocycles. The first-order valence-corrected chi connectivity index (χ1v) is 8.34. The van der Waals surface area contributed by atoms with Gasteiger partial charge in [-0.2, -0.15) is 10.5 Å². The molecule has 0 saturated carbocycles. The van der Waals surface area contributed by atoms with Crippen LogP contribution in [0, 0.1) is 29.6 Å². The summed E-state index contributed by atoms with van der Waals surface area (Å²) in [4.78, 5) is 13.6. The molecule has 1 aromatic heterocycles. The van der Waals surface area contributed by atoms with E-state index in [1.54, 1.807) is 30.3 Å². The second-order valence-corrected chi connectivity index (χ2v) is 7.41. The van der Waals surface area contributed by atoms with Crippen LogP contribution in [0.3, 0.4) is 0 Å². The van der Waals surface area contributed by atoms with Crippen LogP contribution in [-0.2, 0) is 0 Å². The van der Waals surface area contributed by atoms with Gasteiger partial charge in [0.05, 0.1) is 3.79 Å². The number of benzene rings is 1. The highest BCUT2D eigenvalue weighted by Gasteiger charge is 2.32. The number of nitrogens with zero attached hydrogens (tertiary/aromatic N) is 2. The normalized spacial score (nSPS) is 14.5. The van der Waals surface area contributed by atoms with Gasteiger partial charge in [0.2, 0.25) is 0 Å². The average molecular weight is 381 g/mol. The molecule has 0 unspecified atom stereocenters. The van der Waals surface area contributed by atoms with Crippen LogP contribution in [0.5, 0.6) is 0 Å². The molecule has 1 aliphatic carbocycles. The summed E-state index contributed by atoms with van der Waals surface area (Å²) >= 11 is 4.98. The summed E-state index contributed by atoms with van der Waals surface area (Å²) in [6.45, 7) is 1.97. The van der Waals surface area contributed by atoms with Crippen LogP contribution in [-0.4, -0.2) is 5.78 Å². The lowest BCUT2D eigenvalue weighted by molar-refractivity contribution is 0.104. The largest absolute Gasteiger partial charge is 0.289 e. The number of carbonyl (C=O) groups excluding carboxylic acids is 1. The van der Waals surface area contributed by atoms with Gasteiger partial charge in [-0.15, -0.1) is 11.3 Å². The molecule has 0 atom stereocenters. The van der Waals surface area contributed by atoms with Gasteiger partial charge in [-0.25, -0.2) is 0 Å². The Kier molecular flexibility index (Phi) is 4.00. The quantitative estimate of drug-likeness (QED) is 0.521. The second kappa shape index (κ2) is 5.96. The van der Waals surface area contributed by atoms with Crippen LogP contribution in [0.15, 0.2) is 45.3 Å². The van der Waals surface area contributed by atoms with Crippen LogP contribution in [0.4, 0.5) is 0 Å². The van der Waals surface area contributed by atoms with Gasteiger partial charge in [0.15, 0.2) is 5.78 Å². The third-order valence-corrected chi connectivity index (χ3v) is 5.68. The van der Waals surface area contributed by atoms with Gasteiger partial charge in [0.25, 0.3) is 0 Å². The summed E-state index contributed by atoms with van der Waals surface area (Å²) < 4.78 is 0.999. The number of nitriles is 2. The fourth-order valence-electron chi connectivity index (χ4n) is 2.54. The van der Waals surface area contributed by atoms with E-state index < -0.39 is 0 Å². The van der Waals surface area contributed by atoms with Crippen molar-refractivity contribution in [2.24, 2.45) is 0 Å². The van der Waals surface area contributed by atoms with E-state index in [0.717, 1.165) is 14.2 Å². The molecule has 23 heavy (non-hydrogen) atoms. The molecule has 0 N–H and O–H groups in total. The lowest BCUT2D eigenvalue weighted by Crippen LogP contribution is -1.95. The van der Waals surface area contributed by atoms with E-state index in [4.69, 9.17) is 0 Å². The Morgan fingerprint density at radius 3 is 2.43 bits per heavy atom. The van der Waals surface area contributed by atoms with Crippen molar-refractivity contribution in [2.75, 3.05) is 0 Å². The van der Waals surface area contributed by atoms with Crippen molar-refractivity contribution < 1.29 is 4.79 Å². The molecule has 1 heterocycles. The van der Waals surface area contributed by atoms with E-state index in [0.29, 0.717) is 22.3 Å². The Bertz CT molecular complexity index is 948. The molecule has 110 valence electrons. The topological polar surface area (TPSA) is 64.7 Å². The maximum Gasteiger partial charge on any atom is 0.194 e. The van der Waals surface area contributed by atoms with Crippen LogP contribution < -0.4 is 0 Å². The van der Waals surface area contributed by atoms with E-state index in [1.807, 2.05) is 25.1 Å². The molecule has 0 saturated heterocycles. The van der Waals surface area contributed by atoms with Crippen LogP contribution >= 0.6 is 27.3 Å². The number of carbonyl (C=O) groups is 1. The summed E-state index contributed by atoms with van der Waals surface area (Å²) in [5.41, 5.74) is 3.05. The second-order valence-electron chi connectivity index (χ2n) is 5.01. The molecule has 0 spiro atoms. The third kappa shape index (κ3) is 2.55. The Labute approximate surface area is 145 Å². The highest BCUT2D eigenvalue weighted by molar-refractivity contribution is 9.11. The number of thiophene rings is 1. The van der Waals surface area contributed by atoms with E-state index in [-0.39, 0.29) is 11.4 Å². The number of aryl methyl sites for hydroxylation is 1. The fourth-order valence-corrected chi connectivity index (χ4v) is 4.06. The van der Waals surface area contributed by atoms with E-state index in [1.165, 1.54) is 11.3 Å². The van der Waals surface area contributed by atoms with Crippen molar-refractivity contribution in [3.8, 4) is 12.1 Å². The standard InChI is InChI=1S/C18H9BrN2OS/c1-10-6-12(23-18(10)19)7-15-16(11(8-20)9-21)13-4-2-3-5-14(13)17(15)22/h2-7H,1H3/b15-7-. The molecular weight excluding hydrogens is 372 g/mol. The molecule has 0 fully saturated rings. The van der Waals surface area contributed by atoms with Gasteiger partial charge in [-0.3, -0.25) is 4.79 Å². The molecule has 0 radical (unpaired) electrons. The summed E-state index contributed by atoms with van der Waals surface area (Å²) in [6.07, 6.45) is 1.76. The number of allylic oxidation sites excluding steroid dienone is 3. The van der Waals surface area contributed by atoms with Crippen molar-refractivity contribution in [3.63, 3.8) is 0 Å². The smallest absolute Gasteiger partial charge is 0.194 e. The van der Waals surface area contributed by atoms with Gasteiger partial charge >= 0.3 is 0 Å². The van der Waals surface area contributed by atoms with Crippen LogP contribution in [0.25, 0.3) is 11.6 Å². The van der Waals surface area contributed by atoms with Gasteiger partial charge in [0.1, 0.15) is 17.7 Å². The minimum Gasteiger partial charge on any atom is -0.289 e. The van der Waals surface area contributed by atoms with E-state index in [9.17, 15) is 15.3 Å². The predicted molar refractivity (Wildman–Crippen MR) is 93.7 cm³/mol. The lowest BCUT2D eigenvalue weighted by atomic mass is 9.99. The van der Waals surface area contributed by atoms with Crippen LogP contribution in [0.1, 0.15) is 26.4 Å². The maximum atomic E-state index is 12.7. The molecule has 0 amide bonds. The number of hydrogen-bond acceptors (Lipinski definition) is 4. The highest BCUT2D eigenvalue weighted by atomic mass is 79.9. The van der Waals surface area contributed by atoms with Gasteiger partial charge in [-0.05, 0) is 46.1 Å². The Hall–Kier alpha value is -2.47. The summed E-state index contributed by atoms with van der Waals surface area (Å²) in [6, 6.07) is 12.9. The average Bonchev–Trinajstić information content (AvgIpc) is 3.01. The molecular formula is C18H9BrN2OS. The van der Waals surface area contributed by atoms with Crippen molar-refractivity contribution in [1.82, 2.24) is 0 Å². The Morgan fingerprint density at radius 2 is 1.87 bits per heavy atom. The van der Waals surface area contributed by atoms with Crippen molar-refractivity contribution in [2.45, 2.75) is 6.92 Å². The summed E-state index contributed by atoms with van der Waals surface area (Å²) in [5, 5.41) is 18.5. The summed E-state index contributed by atoms with van der Waals surface area (Å²) in [7, 11) is 0. The van der Waals surface area contributed by atoms with E-state index in [2.05, 4.69) is 15.9 Å². The van der Waals surface area contributed by atoms with Crippen molar-refractivity contribution in [3.05, 3.63) is 66.8 Å². The number of hydrogen-bond donors (Lipinski definition) is 0. The lowest BCUT2D eigenvalue weighted by Gasteiger charge is -2.01. The predicted octanol–water partition coefficient (Wildman–Crippen LogP) is 4.90. The number of fused-ring (bicyclic) bond motifs is 1. The van der Waals surface area contributed by atoms with Gasteiger partial charge < -0.3 is 0 Å². The molecule has 2 aromatic rings. The van der Waals surface area contributed by atoms with Crippen molar-refractivity contribution >= 4 is 44.7 Å². The number of halogens is 1. The zero-order valence-corrected chi connectivity index (χ0v) is 14.5. The molecule has 0 aliphatic heterocycles. The minimum atomic E-state index is -0.152. The SMILES string of the molecule is Cc1cc(/C=C2\C(=O)c3ccccc3C2=C(C#N)C#N)sc1Br. The van der Waals surface area contributed by atoms with E-state index >= 15 is 0 Å². The molecule has 3 rings (SSSR count). The number of rotatable bonds is 1. The van der Waals surface area contributed by atoms with Gasteiger partial charge in [-0.1, -0.05) is 24.3 Å². The Balaban J connectivity index is 2.28. The minimum absolute atomic E-state index is 0.0399. The number of ketones is 1. The number of Topliss-reactive ketones (excluding diaryl/α,β-unsaturated/α-hetero) is 1. The maximum absolute atomic E-state index is 12.7. The van der Waals surface area contributed by atoms with Gasteiger partial charge in [0, 0.05) is 21.6 Å². The molecule has 3 nitrogen and oxygen atoms in total. The first-order chi connectivity index (χ1) is 11.1. The first kappa shape index (κ1) is 15.4. The summed E-state index contributed by atoms with van der Waals surface area (Å²) in [5.74, 6) is -0.152. The Morgan fingerprint density at radius 1 is 1.22 bits per heavy atom. The fraction of sp³-hybridized carbons (Fsp3) is 0.0556. The molecule has 0 bridgehead atoms. The molecule has 5 heteroatoms. The molecule has 1 aliphatic rings. The zero-order chi connectivity index (χ0) is 16.6. The third-order valence-electron chi connectivity index (χ3n) is 3.59. The van der Waals surface area contributed by atoms with Crippen molar-refractivity contribution in [1.29, 1.82) is 10.5 Å².